The Kier molecular flexibility index (Phi) is 5.16. The number of allylic oxidation sites excluding steroid dienone is 5. The molecule has 1 N–H and O–H groups in total. The predicted molar refractivity (Wildman–Crippen MR) is 93.9 cm³/mol. The van der Waals surface area contributed by atoms with E-state index in [2.05, 4.69) is 79.5 Å². The van der Waals surface area contributed by atoms with Gasteiger partial charge in [0.05, 0.1) is 0 Å². The molecule has 0 heterocycles. The third-order valence-corrected chi connectivity index (χ3v) is 3.28. The van der Waals surface area contributed by atoms with Crippen LogP contribution < -0.4 is 5.32 Å². The van der Waals surface area contributed by atoms with E-state index in [1.807, 2.05) is 13.0 Å². The van der Waals surface area contributed by atoms with Gasteiger partial charge in [0, 0.05) is 11.4 Å². The van der Waals surface area contributed by atoms with E-state index in [4.69, 9.17) is 0 Å². The van der Waals surface area contributed by atoms with Crippen molar-refractivity contribution >= 4 is 16.9 Å². The molecule has 0 unspecified atom stereocenters. The van der Waals surface area contributed by atoms with Crippen molar-refractivity contribution in [3.05, 3.63) is 90.5 Å². The van der Waals surface area contributed by atoms with Crippen LogP contribution in [0.4, 0.5) is 11.4 Å². The van der Waals surface area contributed by atoms with Crippen molar-refractivity contribution in [2.75, 3.05) is 5.32 Å². The van der Waals surface area contributed by atoms with E-state index in [1.54, 1.807) is 6.08 Å². The Morgan fingerprint density at radius 1 is 0.952 bits per heavy atom. The first kappa shape index (κ1) is 14.9. The van der Waals surface area contributed by atoms with E-state index in [9.17, 15) is 0 Å². The Morgan fingerprint density at radius 3 is 2.05 bits per heavy atom. The van der Waals surface area contributed by atoms with Gasteiger partial charge in [0.2, 0.25) is 0 Å². The molecule has 0 aliphatic heterocycles. The monoisotopic (exact) mass is 275 g/mol. The second kappa shape index (κ2) is 7.30. The van der Waals surface area contributed by atoms with E-state index in [-0.39, 0.29) is 0 Å². The summed E-state index contributed by atoms with van der Waals surface area (Å²) in [7, 11) is 0. The molecule has 2 aromatic rings. The van der Waals surface area contributed by atoms with Crippen molar-refractivity contribution in [2.24, 2.45) is 0 Å². The highest BCUT2D eigenvalue weighted by atomic mass is 14.9. The van der Waals surface area contributed by atoms with Crippen LogP contribution in [0, 0.1) is 6.92 Å². The molecular weight excluding hydrogens is 254 g/mol. The van der Waals surface area contributed by atoms with Gasteiger partial charge in [-0.1, -0.05) is 60.7 Å². The lowest BCUT2D eigenvalue weighted by molar-refractivity contribution is 1.45. The molecule has 21 heavy (non-hydrogen) atoms. The van der Waals surface area contributed by atoms with Gasteiger partial charge < -0.3 is 5.32 Å². The molecule has 2 rings (SSSR count). The highest BCUT2D eigenvalue weighted by Crippen LogP contribution is 2.21. The van der Waals surface area contributed by atoms with Gasteiger partial charge >= 0.3 is 0 Å². The fraction of sp³-hybridized carbons (Fsp3) is 0.100. The molecule has 0 saturated carbocycles. The van der Waals surface area contributed by atoms with E-state index >= 15 is 0 Å². The summed E-state index contributed by atoms with van der Waals surface area (Å²) in [6.45, 7) is 7.84. The quantitative estimate of drug-likeness (QED) is 0.671. The van der Waals surface area contributed by atoms with Crippen LogP contribution in [0.2, 0.25) is 0 Å². The number of aryl methyl sites for hydroxylation is 1. The highest BCUT2D eigenvalue weighted by molar-refractivity contribution is 5.75. The minimum absolute atomic E-state index is 1.09. The average Bonchev–Trinajstić information content (AvgIpc) is 2.52. The molecule has 2 aromatic carbocycles. The molecule has 0 fully saturated rings. The number of anilines is 2. The summed E-state index contributed by atoms with van der Waals surface area (Å²) in [5.41, 5.74) is 5.85. The summed E-state index contributed by atoms with van der Waals surface area (Å²) in [6.07, 6.45) is 7.91. The van der Waals surface area contributed by atoms with Gasteiger partial charge in [0.15, 0.2) is 0 Å². The fourth-order valence-electron chi connectivity index (χ4n) is 2.08. The number of hydrogen-bond acceptors (Lipinski definition) is 1. The number of hydrogen-bond donors (Lipinski definition) is 1. The van der Waals surface area contributed by atoms with Crippen molar-refractivity contribution in [2.45, 2.75) is 13.8 Å². The molecule has 0 radical (unpaired) electrons. The van der Waals surface area contributed by atoms with Gasteiger partial charge in [-0.15, -0.1) is 0 Å². The van der Waals surface area contributed by atoms with Gasteiger partial charge in [-0.25, -0.2) is 0 Å². The van der Waals surface area contributed by atoms with E-state index in [0.29, 0.717) is 0 Å². The largest absolute Gasteiger partial charge is 0.356 e. The third-order valence-electron chi connectivity index (χ3n) is 3.28. The zero-order valence-corrected chi connectivity index (χ0v) is 12.6. The Hall–Kier alpha value is -2.54. The summed E-state index contributed by atoms with van der Waals surface area (Å²) in [5, 5.41) is 3.40. The zero-order chi connectivity index (χ0) is 15.1. The lowest BCUT2D eigenvalue weighted by Gasteiger charge is -2.08. The van der Waals surface area contributed by atoms with Crippen molar-refractivity contribution in [3.8, 4) is 0 Å². The number of rotatable bonds is 5. The maximum absolute atomic E-state index is 3.70. The first-order chi connectivity index (χ1) is 10.2. The Morgan fingerprint density at radius 2 is 1.52 bits per heavy atom. The molecule has 0 aliphatic carbocycles. The normalized spacial score (nSPS) is 11.6. The minimum Gasteiger partial charge on any atom is -0.356 e. The molecule has 0 aliphatic rings. The van der Waals surface area contributed by atoms with Gasteiger partial charge in [-0.05, 0) is 49.2 Å². The summed E-state index contributed by atoms with van der Waals surface area (Å²) in [4.78, 5) is 0. The molecule has 0 amide bonds. The maximum Gasteiger partial charge on any atom is 0.0384 e. The summed E-state index contributed by atoms with van der Waals surface area (Å²) < 4.78 is 0. The van der Waals surface area contributed by atoms with Crippen LogP contribution in [-0.4, -0.2) is 0 Å². The topological polar surface area (TPSA) is 12.0 Å². The number of benzene rings is 2. The second-order valence-electron chi connectivity index (χ2n) is 4.91. The van der Waals surface area contributed by atoms with E-state index in [0.717, 1.165) is 11.4 Å². The molecule has 0 atom stereocenters. The Labute approximate surface area is 127 Å². The Bertz CT molecular complexity index is 643. The SMILES string of the molecule is C=C/C=C\C(=C/C)c1ccc(Nc2ccc(C)cc2)cc1. The van der Waals surface area contributed by atoms with Crippen LogP contribution in [0.25, 0.3) is 5.57 Å². The average molecular weight is 275 g/mol. The van der Waals surface area contributed by atoms with Crippen molar-refractivity contribution < 1.29 is 0 Å². The van der Waals surface area contributed by atoms with E-state index in [1.165, 1.54) is 16.7 Å². The molecule has 0 spiro atoms. The first-order valence-corrected chi connectivity index (χ1v) is 7.12. The molecule has 1 nitrogen and oxygen atoms in total. The first-order valence-electron chi connectivity index (χ1n) is 7.12. The van der Waals surface area contributed by atoms with Crippen LogP contribution >= 0.6 is 0 Å². The molecule has 1 heteroatoms. The van der Waals surface area contributed by atoms with Crippen molar-refractivity contribution in [3.63, 3.8) is 0 Å². The molecule has 106 valence electrons. The third kappa shape index (κ3) is 4.22. The lowest BCUT2D eigenvalue weighted by atomic mass is 10.0. The van der Waals surface area contributed by atoms with E-state index < -0.39 is 0 Å². The van der Waals surface area contributed by atoms with Crippen LogP contribution in [0.15, 0.2) is 79.4 Å². The summed E-state index contributed by atoms with van der Waals surface area (Å²) in [5.74, 6) is 0. The van der Waals surface area contributed by atoms with Crippen molar-refractivity contribution in [1.82, 2.24) is 0 Å². The van der Waals surface area contributed by atoms with Crippen LogP contribution in [0.5, 0.6) is 0 Å². The van der Waals surface area contributed by atoms with Crippen LogP contribution in [-0.2, 0) is 0 Å². The fourth-order valence-corrected chi connectivity index (χ4v) is 2.08. The van der Waals surface area contributed by atoms with Crippen LogP contribution in [0.3, 0.4) is 0 Å². The van der Waals surface area contributed by atoms with Gasteiger partial charge in [0.25, 0.3) is 0 Å². The molecule has 0 saturated heterocycles. The smallest absolute Gasteiger partial charge is 0.0384 e. The lowest BCUT2D eigenvalue weighted by Crippen LogP contribution is -1.90. The van der Waals surface area contributed by atoms with Gasteiger partial charge in [0.1, 0.15) is 0 Å². The summed E-state index contributed by atoms with van der Waals surface area (Å²) in [6, 6.07) is 16.8. The van der Waals surface area contributed by atoms with Gasteiger partial charge in [-0.3, -0.25) is 0 Å². The molecule has 0 bridgehead atoms. The summed E-state index contributed by atoms with van der Waals surface area (Å²) >= 11 is 0. The molecule has 0 aromatic heterocycles. The van der Waals surface area contributed by atoms with Crippen molar-refractivity contribution in [1.29, 1.82) is 0 Å². The zero-order valence-electron chi connectivity index (χ0n) is 12.6. The van der Waals surface area contributed by atoms with Gasteiger partial charge in [-0.2, -0.15) is 0 Å². The standard InChI is InChI=1S/C20H21N/c1-4-6-7-17(5-2)18-10-14-20(15-11-18)21-19-12-8-16(3)9-13-19/h4-15,21H,1H2,2-3H3/b7-6-,17-5+. The van der Waals surface area contributed by atoms with Crippen LogP contribution in [0.1, 0.15) is 18.1 Å². The second-order valence-corrected chi connectivity index (χ2v) is 4.91. The Balaban J connectivity index is 2.13. The number of nitrogens with one attached hydrogen (secondary N) is 1. The molecular formula is C20H21N. The maximum atomic E-state index is 3.70. The minimum atomic E-state index is 1.09. The highest BCUT2D eigenvalue weighted by Gasteiger charge is 1.98. The predicted octanol–water partition coefficient (Wildman–Crippen LogP) is 5.88.